The molecule has 7 nitrogen and oxygen atoms in total. The van der Waals surface area contributed by atoms with E-state index in [1.54, 1.807) is 36.4 Å². The summed E-state index contributed by atoms with van der Waals surface area (Å²) in [5, 5.41) is 11.3. The minimum Gasteiger partial charge on any atom is -0.490 e. The number of carbonyl (C=O) groups is 1. The monoisotopic (exact) mass is 438 g/mol. The molecule has 0 fully saturated rings. The van der Waals surface area contributed by atoms with E-state index in [1.165, 1.54) is 6.07 Å². The second kappa shape index (κ2) is 10.4. The van der Waals surface area contributed by atoms with Crippen LogP contribution in [0.2, 0.25) is 0 Å². The maximum atomic E-state index is 14.6. The molecular weight excluding hydrogens is 411 g/mol. The van der Waals surface area contributed by atoms with E-state index in [2.05, 4.69) is 20.1 Å². The molecule has 2 heterocycles. The number of amides is 1. The Labute approximate surface area is 186 Å². The summed E-state index contributed by atoms with van der Waals surface area (Å²) in [4.78, 5) is 12.9. The smallest absolute Gasteiger partial charge is 0.259 e. The van der Waals surface area contributed by atoms with Gasteiger partial charge in [0.2, 0.25) is 0 Å². The molecule has 4 rings (SSSR count). The maximum absolute atomic E-state index is 14.6. The quantitative estimate of drug-likeness (QED) is 0.525. The maximum Gasteiger partial charge on any atom is 0.259 e. The Morgan fingerprint density at radius 2 is 2.00 bits per heavy atom. The molecular formula is C24H27FN4O3. The van der Waals surface area contributed by atoms with Gasteiger partial charge in [0, 0.05) is 25.1 Å². The van der Waals surface area contributed by atoms with Gasteiger partial charge in [-0.1, -0.05) is 18.6 Å². The molecule has 0 aliphatic carbocycles. The molecule has 2 aromatic carbocycles. The minimum absolute atomic E-state index is 0.0857. The Kier molecular flexibility index (Phi) is 7.11. The van der Waals surface area contributed by atoms with Crippen molar-refractivity contribution < 1.29 is 18.7 Å². The third kappa shape index (κ3) is 4.96. The number of aromatic nitrogens is 3. The number of halogens is 1. The summed E-state index contributed by atoms with van der Waals surface area (Å²) in [7, 11) is 0. The molecule has 168 valence electrons. The summed E-state index contributed by atoms with van der Waals surface area (Å²) in [6.45, 7) is 4.08. The SMILES string of the molecule is CCOCCOc1ccccc1C(=O)Nc1cc(-c2nnc3n2CCCCC3)ccc1F. The van der Waals surface area contributed by atoms with Crippen LogP contribution in [0.1, 0.15) is 42.4 Å². The van der Waals surface area contributed by atoms with Gasteiger partial charge < -0.3 is 19.4 Å². The molecule has 0 bridgehead atoms. The predicted molar refractivity (Wildman–Crippen MR) is 119 cm³/mol. The van der Waals surface area contributed by atoms with E-state index >= 15 is 0 Å². The molecule has 0 unspecified atom stereocenters. The second-order valence-corrected chi connectivity index (χ2v) is 7.59. The minimum atomic E-state index is -0.521. The lowest BCUT2D eigenvalue weighted by Gasteiger charge is -2.13. The Morgan fingerprint density at radius 1 is 1.12 bits per heavy atom. The van der Waals surface area contributed by atoms with Gasteiger partial charge in [0.25, 0.3) is 5.91 Å². The number of anilines is 1. The molecule has 0 radical (unpaired) electrons. The number of nitrogens with zero attached hydrogens (tertiary/aromatic N) is 3. The molecule has 1 aromatic heterocycles. The Balaban J connectivity index is 1.55. The standard InChI is InChI=1S/C24H27FN4O3/c1-2-31-14-15-32-21-9-6-5-8-18(21)24(30)26-20-16-17(11-12-19(20)25)23-28-27-22-10-4-3-7-13-29(22)23/h5-6,8-9,11-12,16H,2-4,7,10,13-15H2,1H3,(H,26,30). The van der Waals surface area contributed by atoms with Gasteiger partial charge in [0.05, 0.1) is 17.9 Å². The number of ether oxygens (including phenoxy) is 2. The van der Waals surface area contributed by atoms with E-state index in [-0.39, 0.29) is 5.69 Å². The second-order valence-electron chi connectivity index (χ2n) is 7.59. The zero-order chi connectivity index (χ0) is 22.3. The predicted octanol–water partition coefficient (Wildman–Crippen LogP) is 4.48. The van der Waals surface area contributed by atoms with Crippen LogP contribution in [0.4, 0.5) is 10.1 Å². The van der Waals surface area contributed by atoms with Crippen molar-refractivity contribution in [2.75, 3.05) is 25.1 Å². The number of hydrogen-bond donors (Lipinski definition) is 1. The number of carbonyl (C=O) groups excluding carboxylic acids is 1. The molecule has 1 aliphatic rings. The molecule has 3 aromatic rings. The van der Waals surface area contributed by atoms with Crippen molar-refractivity contribution in [3.05, 3.63) is 59.7 Å². The van der Waals surface area contributed by atoms with Crippen LogP contribution in [0.3, 0.4) is 0 Å². The van der Waals surface area contributed by atoms with Crippen LogP contribution >= 0.6 is 0 Å². The Morgan fingerprint density at radius 3 is 2.88 bits per heavy atom. The van der Waals surface area contributed by atoms with Crippen LogP contribution in [-0.2, 0) is 17.7 Å². The summed E-state index contributed by atoms with van der Waals surface area (Å²) < 4.78 is 27.6. The summed E-state index contributed by atoms with van der Waals surface area (Å²) in [5.74, 6) is 1.09. The van der Waals surface area contributed by atoms with E-state index in [9.17, 15) is 9.18 Å². The van der Waals surface area contributed by atoms with Crippen molar-refractivity contribution in [2.24, 2.45) is 0 Å². The van der Waals surface area contributed by atoms with E-state index < -0.39 is 11.7 Å². The summed E-state index contributed by atoms with van der Waals surface area (Å²) >= 11 is 0. The normalized spacial score (nSPS) is 13.3. The molecule has 1 N–H and O–H groups in total. The first-order valence-electron chi connectivity index (χ1n) is 11.0. The van der Waals surface area contributed by atoms with Gasteiger partial charge in [-0.25, -0.2) is 4.39 Å². The number of nitrogens with one attached hydrogen (secondary N) is 1. The van der Waals surface area contributed by atoms with Crippen molar-refractivity contribution in [1.29, 1.82) is 0 Å². The topological polar surface area (TPSA) is 78.3 Å². The summed E-state index contributed by atoms with van der Waals surface area (Å²) in [6.07, 6.45) is 4.19. The summed E-state index contributed by atoms with van der Waals surface area (Å²) in [6, 6.07) is 11.5. The van der Waals surface area contributed by atoms with Crippen LogP contribution in [-0.4, -0.2) is 40.5 Å². The van der Waals surface area contributed by atoms with Gasteiger partial charge in [-0.15, -0.1) is 10.2 Å². The first-order chi connectivity index (χ1) is 15.7. The van der Waals surface area contributed by atoms with E-state index in [0.29, 0.717) is 42.5 Å². The fraction of sp³-hybridized carbons (Fsp3) is 0.375. The third-order valence-electron chi connectivity index (χ3n) is 5.40. The fourth-order valence-corrected chi connectivity index (χ4v) is 3.78. The zero-order valence-corrected chi connectivity index (χ0v) is 18.1. The van der Waals surface area contributed by atoms with Crippen molar-refractivity contribution in [3.63, 3.8) is 0 Å². The van der Waals surface area contributed by atoms with E-state index in [0.717, 1.165) is 38.1 Å². The lowest BCUT2D eigenvalue weighted by Crippen LogP contribution is -2.16. The summed E-state index contributed by atoms with van der Waals surface area (Å²) in [5.41, 5.74) is 1.12. The van der Waals surface area contributed by atoms with Crippen LogP contribution in [0.25, 0.3) is 11.4 Å². The zero-order valence-electron chi connectivity index (χ0n) is 18.1. The molecule has 1 aliphatic heterocycles. The van der Waals surface area contributed by atoms with Crippen molar-refractivity contribution >= 4 is 11.6 Å². The Bertz CT molecular complexity index is 1080. The van der Waals surface area contributed by atoms with Crippen LogP contribution in [0.15, 0.2) is 42.5 Å². The van der Waals surface area contributed by atoms with Gasteiger partial charge in [0.15, 0.2) is 5.82 Å². The third-order valence-corrected chi connectivity index (χ3v) is 5.40. The van der Waals surface area contributed by atoms with Crippen molar-refractivity contribution in [3.8, 4) is 17.1 Å². The van der Waals surface area contributed by atoms with Crippen LogP contribution < -0.4 is 10.1 Å². The van der Waals surface area contributed by atoms with Gasteiger partial charge in [-0.2, -0.15) is 0 Å². The fourth-order valence-electron chi connectivity index (χ4n) is 3.78. The first-order valence-corrected chi connectivity index (χ1v) is 11.0. The number of rotatable bonds is 8. The highest BCUT2D eigenvalue weighted by Gasteiger charge is 2.19. The number of para-hydroxylation sites is 1. The van der Waals surface area contributed by atoms with Gasteiger partial charge in [0.1, 0.15) is 24.0 Å². The van der Waals surface area contributed by atoms with Crippen molar-refractivity contribution in [2.45, 2.75) is 39.2 Å². The van der Waals surface area contributed by atoms with Gasteiger partial charge in [-0.05, 0) is 50.1 Å². The highest BCUT2D eigenvalue weighted by atomic mass is 19.1. The molecule has 0 saturated heterocycles. The highest BCUT2D eigenvalue weighted by Crippen LogP contribution is 2.27. The number of benzene rings is 2. The average Bonchev–Trinajstić information content (AvgIpc) is 3.06. The Hall–Kier alpha value is -3.26. The molecule has 0 saturated carbocycles. The van der Waals surface area contributed by atoms with E-state index in [4.69, 9.17) is 9.47 Å². The molecule has 0 spiro atoms. The molecule has 8 heteroatoms. The number of hydrogen-bond acceptors (Lipinski definition) is 5. The largest absolute Gasteiger partial charge is 0.490 e. The van der Waals surface area contributed by atoms with Gasteiger partial charge >= 0.3 is 0 Å². The highest BCUT2D eigenvalue weighted by molar-refractivity contribution is 6.06. The first kappa shape index (κ1) is 22.0. The molecule has 32 heavy (non-hydrogen) atoms. The van der Waals surface area contributed by atoms with Crippen molar-refractivity contribution in [1.82, 2.24) is 14.8 Å². The van der Waals surface area contributed by atoms with Gasteiger partial charge in [-0.3, -0.25) is 4.79 Å². The molecule has 1 amide bonds. The van der Waals surface area contributed by atoms with E-state index in [1.807, 2.05) is 6.92 Å². The van der Waals surface area contributed by atoms with Crippen LogP contribution in [0, 0.1) is 5.82 Å². The number of aryl methyl sites for hydroxylation is 1. The lowest BCUT2D eigenvalue weighted by molar-refractivity contribution is 0.0997. The lowest BCUT2D eigenvalue weighted by atomic mass is 10.1. The number of fused-ring (bicyclic) bond motifs is 1. The average molecular weight is 439 g/mol. The van der Waals surface area contributed by atoms with Crippen LogP contribution in [0.5, 0.6) is 5.75 Å². The molecule has 0 atom stereocenters.